The molecule has 0 aliphatic heterocycles. The number of anilines is 1. The summed E-state index contributed by atoms with van der Waals surface area (Å²) in [7, 11) is -5.78. The van der Waals surface area contributed by atoms with Crippen molar-refractivity contribution >= 4 is 25.9 Å². The van der Waals surface area contributed by atoms with Crippen LogP contribution in [0.15, 0.2) is 30.3 Å². The normalized spacial score (nSPS) is 12.3. The summed E-state index contributed by atoms with van der Waals surface area (Å²) in [6.45, 7) is 1.96. The molecular formula is C12H21N3O4S2. The second kappa shape index (κ2) is 7.74. The molecule has 0 saturated heterocycles. The highest BCUT2D eigenvalue weighted by atomic mass is 32.2. The lowest BCUT2D eigenvalue weighted by atomic mass is 10.3. The molecule has 0 spiro atoms. The van der Waals surface area contributed by atoms with Crippen LogP contribution in [-0.4, -0.2) is 42.7 Å². The van der Waals surface area contributed by atoms with Gasteiger partial charge in [0.25, 0.3) is 10.2 Å². The summed E-state index contributed by atoms with van der Waals surface area (Å²) in [6.07, 6.45) is 0.663. The topological polar surface area (TPSA) is 95.6 Å². The molecule has 0 amide bonds. The molecule has 7 nitrogen and oxygen atoms in total. The first-order valence-corrected chi connectivity index (χ1v) is 9.63. The van der Waals surface area contributed by atoms with Gasteiger partial charge in [0.2, 0.25) is 10.0 Å². The van der Waals surface area contributed by atoms with E-state index in [1.165, 1.54) is 7.05 Å². The van der Waals surface area contributed by atoms with Gasteiger partial charge in [0, 0.05) is 20.1 Å². The minimum Gasteiger partial charge on any atom is -0.273 e. The number of sulfonamides is 1. The Bertz CT molecular complexity index is 630. The van der Waals surface area contributed by atoms with Gasteiger partial charge in [0.1, 0.15) is 0 Å². The van der Waals surface area contributed by atoms with Crippen molar-refractivity contribution in [3.63, 3.8) is 0 Å². The van der Waals surface area contributed by atoms with Crippen LogP contribution < -0.4 is 13.7 Å². The van der Waals surface area contributed by atoms with Crippen molar-refractivity contribution in [1.29, 1.82) is 0 Å². The monoisotopic (exact) mass is 335 g/mol. The number of benzene rings is 1. The zero-order chi connectivity index (χ0) is 15.9. The molecule has 1 rings (SSSR count). The van der Waals surface area contributed by atoms with Gasteiger partial charge in [0.05, 0.1) is 11.4 Å². The first kappa shape index (κ1) is 17.9. The van der Waals surface area contributed by atoms with E-state index in [1.54, 1.807) is 30.3 Å². The fourth-order valence-electron chi connectivity index (χ4n) is 1.53. The predicted octanol–water partition coefficient (Wildman–Crippen LogP) is 0.287. The molecule has 1 aromatic rings. The summed E-state index contributed by atoms with van der Waals surface area (Å²) in [5, 5.41) is 0. The molecule has 0 saturated carbocycles. The lowest BCUT2D eigenvalue weighted by molar-refractivity contribution is 0.566. The maximum absolute atomic E-state index is 12.1. The Labute approximate surface area is 126 Å². The maximum Gasteiger partial charge on any atom is 0.276 e. The van der Waals surface area contributed by atoms with Crippen molar-refractivity contribution < 1.29 is 16.8 Å². The minimum absolute atomic E-state index is 0.182. The summed E-state index contributed by atoms with van der Waals surface area (Å²) in [5.74, 6) is -0.314. The van der Waals surface area contributed by atoms with Gasteiger partial charge in [-0.1, -0.05) is 25.1 Å². The van der Waals surface area contributed by atoms with Crippen molar-refractivity contribution in [2.24, 2.45) is 0 Å². The molecule has 0 aromatic heterocycles. The number of hydrogen-bond donors (Lipinski definition) is 2. The van der Waals surface area contributed by atoms with Gasteiger partial charge in [0.15, 0.2) is 0 Å². The average Bonchev–Trinajstić information content (AvgIpc) is 2.45. The minimum atomic E-state index is -3.64. The van der Waals surface area contributed by atoms with E-state index in [2.05, 4.69) is 9.44 Å². The van der Waals surface area contributed by atoms with E-state index in [-0.39, 0.29) is 12.3 Å². The van der Waals surface area contributed by atoms with Crippen LogP contribution in [-0.2, 0) is 20.2 Å². The molecule has 2 N–H and O–H groups in total. The van der Waals surface area contributed by atoms with Crippen LogP contribution in [0.25, 0.3) is 0 Å². The lowest BCUT2D eigenvalue weighted by Gasteiger charge is -2.19. The molecule has 0 bridgehead atoms. The number of rotatable bonds is 9. The fourth-order valence-corrected chi connectivity index (χ4v) is 3.68. The highest BCUT2D eigenvalue weighted by Crippen LogP contribution is 2.14. The van der Waals surface area contributed by atoms with Gasteiger partial charge in [-0.2, -0.15) is 8.42 Å². The molecule has 0 atom stereocenters. The Morgan fingerprint density at radius 1 is 1.00 bits per heavy atom. The third-order valence-electron chi connectivity index (χ3n) is 2.73. The number of nitrogens with one attached hydrogen (secondary N) is 2. The molecule has 0 aliphatic carbocycles. The van der Waals surface area contributed by atoms with Crippen LogP contribution >= 0.6 is 0 Å². The summed E-state index contributed by atoms with van der Waals surface area (Å²) < 4.78 is 52.8. The highest BCUT2D eigenvalue weighted by molar-refractivity contribution is 7.92. The Morgan fingerprint density at radius 2 is 1.57 bits per heavy atom. The van der Waals surface area contributed by atoms with Crippen LogP contribution in [0.5, 0.6) is 0 Å². The smallest absolute Gasteiger partial charge is 0.273 e. The summed E-state index contributed by atoms with van der Waals surface area (Å²) >= 11 is 0. The van der Waals surface area contributed by atoms with Gasteiger partial charge in [-0.25, -0.2) is 17.9 Å². The number of para-hydroxylation sites is 1. The van der Waals surface area contributed by atoms with E-state index in [0.29, 0.717) is 18.7 Å². The van der Waals surface area contributed by atoms with Crippen molar-refractivity contribution in [2.75, 3.05) is 30.2 Å². The molecule has 0 heterocycles. The zero-order valence-corrected chi connectivity index (χ0v) is 13.7. The third kappa shape index (κ3) is 6.00. The standard InChI is InChI=1S/C12H21N3O4S2/c1-3-9-13-21(18,19)14-10-11-20(16,17)15(2)12-7-5-4-6-8-12/h4-8,13-14H,3,9-11H2,1-2H3. The Morgan fingerprint density at radius 3 is 2.14 bits per heavy atom. The lowest BCUT2D eigenvalue weighted by Crippen LogP contribution is -2.41. The average molecular weight is 335 g/mol. The number of nitrogens with zero attached hydrogens (tertiary/aromatic N) is 1. The Kier molecular flexibility index (Phi) is 6.59. The molecule has 120 valence electrons. The molecule has 9 heteroatoms. The van der Waals surface area contributed by atoms with Crippen molar-refractivity contribution in [3.8, 4) is 0 Å². The van der Waals surface area contributed by atoms with E-state index in [1.807, 2.05) is 6.92 Å². The second-order valence-corrected chi connectivity index (χ2v) is 8.12. The van der Waals surface area contributed by atoms with Gasteiger partial charge in [-0.15, -0.1) is 0 Å². The van der Waals surface area contributed by atoms with Crippen LogP contribution in [0, 0.1) is 0 Å². The first-order chi connectivity index (χ1) is 9.78. The fraction of sp³-hybridized carbons (Fsp3) is 0.500. The van der Waals surface area contributed by atoms with Gasteiger partial charge in [-0.3, -0.25) is 4.31 Å². The molecule has 1 aromatic carbocycles. The van der Waals surface area contributed by atoms with E-state index in [0.717, 1.165) is 4.31 Å². The largest absolute Gasteiger partial charge is 0.276 e. The molecule has 0 unspecified atom stereocenters. The van der Waals surface area contributed by atoms with Crippen molar-refractivity contribution in [3.05, 3.63) is 30.3 Å². The summed E-state index contributed by atoms with van der Waals surface area (Å²) in [4.78, 5) is 0. The van der Waals surface area contributed by atoms with Crippen LogP contribution in [0.4, 0.5) is 5.69 Å². The quantitative estimate of drug-likeness (QED) is 0.678. The van der Waals surface area contributed by atoms with Gasteiger partial charge < -0.3 is 0 Å². The van der Waals surface area contributed by atoms with E-state index >= 15 is 0 Å². The number of hydrogen-bond acceptors (Lipinski definition) is 4. The Balaban J connectivity index is 2.58. The van der Waals surface area contributed by atoms with E-state index in [9.17, 15) is 16.8 Å². The molecule has 0 fully saturated rings. The second-order valence-electron chi connectivity index (χ2n) is 4.41. The first-order valence-electron chi connectivity index (χ1n) is 6.54. The van der Waals surface area contributed by atoms with Gasteiger partial charge in [-0.05, 0) is 18.6 Å². The van der Waals surface area contributed by atoms with Crippen molar-refractivity contribution in [1.82, 2.24) is 9.44 Å². The van der Waals surface area contributed by atoms with Crippen LogP contribution in [0.2, 0.25) is 0 Å². The molecule has 0 aliphatic rings. The SMILES string of the molecule is CCCNS(=O)(=O)NCCS(=O)(=O)N(C)c1ccccc1. The maximum atomic E-state index is 12.1. The summed E-state index contributed by atoms with van der Waals surface area (Å²) in [6, 6.07) is 8.60. The van der Waals surface area contributed by atoms with Crippen molar-refractivity contribution in [2.45, 2.75) is 13.3 Å². The van der Waals surface area contributed by atoms with Crippen LogP contribution in [0.3, 0.4) is 0 Å². The van der Waals surface area contributed by atoms with E-state index in [4.69, 9.17) is 0 Å². The van der Waals surface area contributed by atoms with E-state index < -0.39 is 20.2 Å². The Hall–Kier alpha value is -1.16. The highest BCUT2D eigenvalue weighted by Gasteiger charge is 2.19. The molecule has 21 heavy (non-hydrogen) atoms. The zero-order valence-electron chi connectivity index (χ0n) is 12.1. The predicted molar refractivity (Wildman–Crippen MR) is 83.8 cm³/mol. The van der Waals surface area contributed by atoms with Gasteiger partial charge >= 0.3 is 0 Å². The summed E-state index contributed by atoms with van der Waals surface area (Å²) in [5.41, 5.74) is 0.532. The van der Waals surface area contributed by atoms with Crippen LogP contribution in [0.1, 0.15) is 13.3 Å². The third-order valence-corrected chi connectivity index (χ3v) is 5.66. The molecular weight excluding hydrogens is 314 g/mol. The molecule has 0 radical (unpaired) electrons.